The van der Waals surface area contributed by atoms with Crippen molar-refractivity contribution in [3.63, 3.8) is 0 Å². The lowest BCUT2D eigenvalue weighted by molar-refractivity contribution is -0.342. The predicted octanol–water partition coefficient (Wildman–Crippen LogP) is -5.13. The molecular weight excluding hydrogens is 235 g/mol. The van der Waals surface area contributed by atoms with Crippen molar-refractivity contribution in [1.29, 1.82) is 0 Å². The number of carboxylic acids is 1. The zero-order chi connectivity index (χ0) is 12.3. The Hall–Kier alpha value is -0.830. The first-order valence-electron chi connectivity index (χ1n) is 3.38. The third kappa shape index (κ3) is 4.04. The maximum absolute atomic E-state index is 10.8. The highest BCUT2D eigenvalue weighted by atomic mass is 31.2. The summed E-state index contributed by atoms with van der Waals surface area (Å²) in [5.41, 5.74) is -3.28. The quantitative estimate of drug-likeness (QED) is 0.340. The van der Waals surface area contributed by atoms with Gasteiger partial charge < -0.3 is 39.0 Å². The Morgan fingerprint density at radius 1 is 1.40 bits per heavy atom. The molecule has 0 amide bonds. The van der Waals surface area contributed by atoms with Gasteiger partial charge in [0.2, 0.25) is 0 Å². The molecule has 0 aromatic rings. The van der Waals surface area contributed by atoms with E-state index in [1.807, 2.05) is 0 Å². The molecule has 0 fully saturated rings. The largest absolute Gasteiger partial charge is 0.790 e. The summed E-state index contributed by atoms with van der Waals surface area (Å²) in [7, 11) is -5.46. The normalized spacial score (nSPS) is 15.7. The van der Waals surface area contributed by atoms with Crippen LogP contribution in [-0.4, -0.2) is 40.8 Å². The second kappa shape index (κ2) is 4.79. The Kier molecular flexibility index (Phi) is 4.53. The van der Waals surface area contributed by atoms with Crippen molar-refractivity contribution in [2.75, 3.05) is 13.2 Å². The lowest BCUT2D eigenvalue weighted by Crippen LogP contribution is -2.58. The van der Waals surface area contributed by atoms with Gasteiger partial charge in [-0.3, -0.25) is 4.79 Å². The lowest BCUT2D eigenvalue weighted by atomic mass is 10.0. The number of phosphoric ester groups is 1. The van der Waals surface area contributed by atoms with Crippen molar-refractivity contribution in [1.82, 2.24) is 0 Å². The highest BCUT2D eigenvalue weighted by Crippen LogP contribution is 2.24. The smallest absolute Gasteiger partial charge is 0.198 e. The molecule has 0 aliphatic heterocycles. The van der Waals surface area contributed by atoms with Crippen LogP contribution >= 0.6 is 7.82 Å². The fraction of sp³-hybridized carbons (Fsp3) is 0.600. The fourth-order valence-corrected chi connectivity index (χ4v) is 0.799. The molecule has 0 aromatic heterocycles. The molecule has 88 valence electrons. The number of aliphatic carboxylic acids is 1. The third-order valence-corrected chi connectivity index (χ3v) is 1.83. The van der Waals surface area contributed by atoms with Gasteiger partial charge in [-0.15, -0.1) is 0 Å². The highest BCUT2D eigenvalue weighted by molar-refractivity contribution is 7.43. The Morgan fingerprint density at radius 3 is 2.13 bits per heavy atom. The highest BCUT2D eigenvalue weighted by Gasteiger charge is 2.36. The molecule has 0 saturated carbocycles. The van der Waals surface area contributed by atoms with Crippen LogP contribution in [0.2, 0.25) is 0 Å². The van der Waals surface area contributed by atoms with Gasteiger partial charge in [0, 0.05) is 0 Å². The van der Waals surface area contributed by atoms with E-state index in [-0.39, 0.29) is 0 Å². The Bertz CT molecular complexity index is 306. The molecule has 0 rings (SSSR count). The van der Waals surface area contributed by atoms with Crippen LogP contribution in [0.15, 0.2) is 0 Å². The van der Waals surface area contributed by atoms with Crippen molar-refractivity contribution in [3.05, 3.63) is 0 Å². The van der Waals surface area contributed by atoms with Crippen LogP contribution < -0.4 is 14.9 Å². The van der Waals surface area contributed by atoms with Crippen molar-refractivity contribution < 1.29 is 43.8 Å². The number of phosphoric acid groups is 1. The van der Waals surface area contributed by atoms with Crippen LogP contribution in [0.1, 0.15) is 0 Å². The van der Waals surface area contributed by atoms with Crippen LogP contribution in [0.5, 0.6) is 0 Å². The van der Waals surface area contributed by atoms with E-state index in [0.29, 0.717) is 0 Å². The van der Waals surface area contributed by atoms with Crippen LogP contribution in [0.25, 0.3) is 0 Å². The molecular formula is C5H6O9P-3. The fourth-order valence-electron chi connectivity index (χ4n) is 0.524. The summed E-state index contributed by atoms with van der Waals surface area (Å²) < 4.78 is 13.3. The van der Waals surface area contributed by atoms with Gasteiger partial charge in [-0.05, 0) is 0 Å². The molecule has 0 heterocycles. The predicted molar refractivity (Wildman–Crippen MR) is 35.6 cm³/mol. The van der Waals surface area contributed by atoms with Crippen molar-refractivity contribution >= 4 is 19.6 Å². The summed E-state index contributed by atoms with van der Waals surface area (Å²) >= 11 is 0. The number of Topliss-reactive ketones (excluding diaryl/α,β-unsaturated/α-hetero) is 1. The molecule has 0 radical (unpaired) electrons. The van der Waals surface area contributed by atoms with Crippen LogP contribution in [0, 0.1) is 0 Å². The summed E-state index contributed by atoms with van der Waals surface area (Å²) in [6.45, 7) is -3.02. The summed E-state index contributed by atoms with van der Waals surface area (Å²) in [5.74, 6) is -4.04. The molecule has 0 aromatic carbocycles. The molecule has 9 nitrogen and oxygen atoms in total. The Labute approximate surface area is 83.2 Å². The van der Waals surface area contributed by atoms with E-state index >= 15 is 0 Å². The molecule has 10 heteroatoms. The van der Waals surface area contributed by atoms with E-state index in [9.17, 15) is 29.0 Å². The van der Waals surface area contributed by atoms with Gasteiger partial charge in [0.15, 0.2) is 11.4 Å². The van der Waals surface area contributed by atoms with Gasteiger partial charge in [0.1, 0.15) is 6.61 Å². The molecule has 0 unspecified atom stereocenters. The second-order valence-corrected chi connectivity index (χ2v) is 3.60. The first-order chi connectivity index (χ1) is 6.63. The number of carbonyl (C=O) groups is 2. The van der Waals surface area contributed by atoms with E-state index in [2.05, 4.69) is 4.52 Å². The van der Waals surface area contributed by atoms with Gasteiger partial charge in [-0.1, -0.05) is 0 Å². The molecule has 2 N–H and O–H groups in total. The topological polar surface area (TPSA) is 170 Å². The van der Waals surface area contributed by atoms with E-state index in [1.165, 1.54) is 0 Å². The summed E-state index contributed by atoms with van der Waals surface area (Å²) in [4.78, 5) is 40.8. The Morgan fingerprint density at radius 2 is 1.87 bits per heavy atom. The average Bonchev–Trinajstić information content (AvgIpc) is 2.11. The number of aliphatic hydroxyl groups is 2. The van der Waals surface area contributed by atoms with Gasteiger partial charge in [-0.25, -0.2) is 0 Å². The van der Waals surface area contributed by atoms with Gasteiger partial charge in [-0.2, -0.15) is 0 Å². The zero-order valence-corrected chi connectivity index (χ0v) is 8.01. The number of rotatable bonds is 6. The first kappa shape index (κ1) is 14.2. The minimum absolute atomic E-state index is 1.49. The number of hydrogen-bond acceptors (Lipinski definition) is 9. The zero-order valence-electron chi connectivity index (χ0n) is 7.11. The molecule has 15 heavy (non-hydrogen) atoms. The average molecular weight is 241 g/mol. The molecule has 1 atom stereocenters. The molecule has 0 aliphatic carbocycles. The maximum atomic E-state index is 10.8. The number of carboxylic acid groups (broad SMARTS) is 1. The lowest BCUT2D eigenvalue weighted by Gasteiger charge is -2.31. The maximum Gasteiger partial charge on any atom is 0.198 e. The molecule has 0 bridgehead atoms. The molecule has 0 aliphatic rings. The van der Waals surface area contributed by atoms with Gasteiger partial charge in [0.05, 0.1) is 20.4 Å². The van der Waals surface area contributed by atoms with E-state index in [0.717, 1.165) is 0 Å². The molecule has 0 saturated heterocycles. The molecule has 0 spiro atoms. The summed E-state index contributed by atoms with van der Waals surface area (Å²) in [6.07, 6.45) is 0. The first-order valence-corrected chi connectivity index (χ1v) is 4.84. The Balaban J connectivity index is 4.56. The standard InChI is InChI=1S/C5H9O9P/c6-2-5(10,4(8)9)3(7)1-14-15(11,12)13/h6,10H,1-2H2,(H,8,9)(H2,11,12,13)/p-3/t5-/m1/s1. The number of ketones is 1. The van der Waals surface area contributed by atoms with Crippen LogP contribution in [0.4, 0.5) is 0 Å². The van der Waals surface area contributed by atoms with Crippen molar-refractivity contribution in [3.8, 4) is 0 Å². The van der Waals surface area contributed by atoms with E-state index in [1.54, 1.807) is 0 Å². The van der Waals surface area contributed by atoms with Crippen LogP contribution in [0.3, 0.4) is 0 Å². The van der Waals surface area contributed by atoms with Gasteiger partial charge >= 0.3 is 0 Å². The summed E-state index contributed by atoms with van der Waals surface area (Å²) in [6, 6.07) is 0. The number of hydrogen-bond donors (Lipinski definition) is 2. The van der Waals surface area contributed by atoms with Crippen molar-refractivity contribution in [2.45, 2.75) is 5.60 Å². The second-order valence-electron chi connectivity index (χ2n) is 2.45. The number of aliphatic hydroxyl groups excluding tert-OH is 1. The monoisotopic (exact) mass is 241 g/mol. The van der Waals surface area contributed by atoms with E-state index in [4.69, 9.17) is 10.2 Å². The number of carbonyl (C=O) groups excluding carboxylic acids is 2. The van der Waals surface area contributed by atoms with Crippen LogP contribution in [-0.2, 0) is 18.7 Å². The minimum Gasteiger partial charge on any atom is -0.790 e. The van der Waals surface area contributed by atoms with Gasteiger partial charge in [0.25, 0.3) is 0 Å². The summed E-state index contributed by atoms with van der Waals surface area (Å²) in [5, 5.41) is 27.5. The third-order valence-electron chi connectivity index (χ3n) is 1.38. The van der Waals surface area contributed by atoms with Crippen molar-refractivity contribution in [2.24, 2.45) is 0 Å². The SMILES string of the molecule is O=C([O-])[C@@](O)(CO)C(=O)COP(=O)([O-])[O-]. The van der Waals surface area contributed by atoms with E-state index < -0.39 is 38.4 Å². The minimum atomic E-state index is -5.46.